The standard InChI is InChI=1S/C20H27N3O2/c1-19(2,3)25-18(24)23-10-8-20(14-21,9-11-23)12-15-4-7-17(22-13-15)16-5-6-16/h4,7,13,16H,5-6,8-12H2,1-3H3. The molecule has 0 unspecified atom stereocenters. The summed E-state index contributed by atoms with van der Waals surface area (Å²) < 4.78 is 5.43. The van der Waals surface area contributed by atoms with Gasteiger partial charge in [0.05, 0.1) is 11.5 Å². The Hall–Kier alpha value is -2.09. The van der Waals surface area contributed by atoms with Crippen molar-refractivity contribution in [3.8, 4) is 6.07 Å². The Kier molecular flexibility index (Phi) is 4.73. The number of carbonyl (C=O) groups is 1. The van der Waals surface area contributed by atoms with Crippen molar-refractivity contribution in [2.45, 2.75) is 64.4 Å². The van der Waals surface area contributed by atoms with Gasteiger partial charge in [-0.15, -0.1) is 0 Å². The van der Waals surface area contributed by atoms with Gasteiger partial charge >= 0.3 is 6.09 Å². The molecular weight excluding hydrogens is 314 g/mol. The van der Waals surface area contributed by atoms with Crippen molar-refractivity contribution in [1.82, 2.24) is 9.88 Å². The van der Waals surface area contributed by atoms with Crippen LogP contribution in [0.2, 0.25) is 0 Å². The largest absolute Gasteiger partial charge is 0.444 e. The van der Waals surface area contributed by atoms with Gasteiger partial charge in [0.2, 0.25) is 0 Å². The monoisotopic (exact) mass is 341 g/mol. The third-order valence-corrected chi connectivity index (χ3v) is 5.00. The molecule has 1 saturated carbocycles. The van der Waals surface area contributed by atoms with Crippen molar-refractivity contribution in [3.63, 3.8) is 0 Å². The fraction of sp³-hybridized carbons (Fsp3) is 0.650. The summed E-state index contributed by atoms with van der Waals surface area (Å²) in [5.74, 6) is 0.649. The maximum Gasteiger partial charge on any atom is 0.410 e. The Morgan fingerprint density at radius 2 is 2.04 bits per heavy atom. The summed E-state index contributed by atoms with van der Waals surface area (Å²) in [6, 6.07) is 6.73. The number of hydrogen-bond acceptors (Lipinski definition) is 4. The molecule has 0 N–H and O–H groups in total. The number of piperidine rings is 1. The number of ether oxygens (including phenoxy) is 1. The van der Waals surface area contributed by atoms with E-state index >= 15 is 0 Å². The quantitative estimate of drug-likeness (QED) is 0.832. The van der Waals surface area contributed by atoms with E-state index in [1.165, 1.54) is 18.5 Å². The molecule has 0 spiro atoms. The molecule has 1 saturated heterocycles. The van der Waals surface area contributed by atoms with Gasteiger partial charge in [0, 0.05) is 30.9 Å². The highest BCUT2D eigenvalue weighted by Crippen LogP contribution is 2.39. The first-order valence-electron chi connectivity index (χ1n) is 9.14. The molecule has 134 valence electrons. The molecule has 3 rings (SSSR count). The van der Waals surface area contributed by atoms with Crippen LogP contribution in [0.15, 0.2) is 18.3 Å². The second kappa shape index (κ2) is 6.67. The minimum atomic E-state index is -0.490. The van der Waals surface area contributed by atoms with Gasteiger partial charge in [-0.3, -0.25) is 4.98 Å². The summed E-state index contributed by atoms with van der Waals surface area (Å²) in [5.41, 5.74) is 1.38. The highest BCUT2D eigenvalue weighted by molar-refractivity contribution is 5.68. The van der Waals surface area contributed by atoms with Crippen molar-refractivity contribution in [1.29, 1.82) is 5.26 Å². The molecule has 2 fully saturated rings. The van der Waals surface area contributed by atoms with E-state index in [0.29, 0.717) is 38.3 Å². The number of aromatic nitrogens is 1. The minimum absolute atomic E-state index is 0.283. The summed E-state index contributed by atoms with van der Waals surface area (Å²) in [6.45, 7) is 6.73. The second-order valence-electron chi connectivity index (χ2n) is 8.40. The first kappa shape index (κ1) is 17.7. The highest BCUT2D eigenvalue weighted by atomic mass is 16.6. The zero-order chi connectivity index (χ0) is 18.1. The van der Waals surface area contributed by atoms with Gasteiger partial charge in [-0.2, -0.15) is 5.26 Å². The average molecular weight is 341 g/mol. The number of hydrogen-bond donors (Lipinski definition) is 0. The minimum Gasteiger partial charge on any atom is -0.444 e. The predicted octanol–water partition coefficient (Wildman–Crippen LogP) is 4.04. The third-order valence-electron chi connectivity index (χ3n) is 5.00. The van der Waals surface area contributed by atoms with Crippen LogP contribution < -0.4 is 0 Å². The van der Waals surface area contributed by atoms with Crippen molar-refractivity contribution >= 4 is 6.09 Å². The number of likely N-dealkylation sites (tertiary alicyclic amines) is 1. The van der Waals surface area contributed by atoms with Crippen LogP contribution in [0.4, 0.5) is 4.79 Å². The zero-order valence-corrected chi connectivity index (χ0v) is 15.4. The van der Waals surface area contributed by atoms with Gasteiger partial charge in [-0.25, -0.2) is 4.79 Å². The molecule has 1 aliphatic carbocycles. The SMILES string of the molecule is CC(C)(C)OC(=O)N1CCC(C#N)(Cc2ccc(C3CC3)nc2)CC1. The maximum absolute atomic E-state index is 12.2. The molecule has 1 amide bonds. The van der Waals surface area contributed by atoms with Gasteiger partial charge in [-0.1, -0.05) is 6.07 Å². The second-order valence-corrected chi connectivity index (χ2v) is 8.40. The molecule has 1 aromatic rings. The highest BCUT2D eigenvalue weighted by Gasteiger charge is 2.37. The van der Waals surface area contributed by atoms with Gasteiger partial charge in [0.1, 0.15) is 5.60 Å². The van der Waals surface area contributed by atoms with Crippen LogP contribution in [-0.2, 0) is 11.2 Å². The lowest BCUT2D eigenvalue weighted by Crippen LogP contribution is -2.45. The smallest absolute Gasteiger partial charge is 0.410 e. The Morgan fingerprint density at radius 3 is 2.52 bits per heavy atom. The Bertz CT molecular complexity index is 658. The molecule has 2 aliphatic rings. The molecule has 0 atom stereocenters. The van der Waals surface area contributed by atoms with E-state index in [1.807, 2.05) is 27.0 Å². The van der Waals surface area contributed by atoms with Crippen LogP contribution in [0, 0.1) is 16.7 Å². The van der Waals surface area contributed by atoms with Crippen LogP contribution in [-0.4, -0.2) is 34.7 Å². The van der Waals surface area contributed by atoms with Crippen molar-refractivity contribution < 1.29 is 9.53 Å². The Balaban J connectivity index is 1.59. The number of amides is 1. The topological polar surface area (TPSA) is 66.2 Å². The van der Waals surface area contributed by atoms with Crippen LogP contribution >= 0.6 is 0 Å². The molecule has 5 heteroatoms. The molecule has 25 heavy (non-hydrogen) atoms. The first-order chi connectivity index (χ1) is 11.8. The molecule has 1 aliphatic heterocycles. The Morgan fingerprint density at radius 1 is 1.36 bits per heavy atom. The molecule has 0 radical (unpaired) electrons. The van der Waals surface area contributed by atoms with Crippen LogP contribution in [0.1, 0.15) is 63.6 Å². The van der Waals surface area contributed by atoms with Gasteiger partial charge in [0.25, 0.3) is 0 Å². The van der Waals surface area contributed by atoms with E-state index < -0.39 is 11.0 Å². The summed E-state index contributed by atoms with van der Waals surface area (Å²) >= 11 is 0. The molecule has 0 bridgehead atoms. The van der Waals surface area contributed by atoms with E-state index in [9.17, 15) is 10.1 Å². The average Bonchev–Trinajstić information content (AvgIpc) is 3.39. The summed E-state index contributed by atoms with van der Waals surface area (Å²) in [6.07, 6.45) is 6.18. The van der Waals surface area contributed by atoms with Crippen LogP contribution in [0.5, 0.6) is 0 Å². The van der Waals surface area contributed by atoms with Crippen molar-refractivity contribution in [2.24, 2.45) is 5.41 Å². The summed E-state index contributed by atoms with van der Waals surface area (Å²) in [4.78, 5) is 18.5. The fourth-order valence-electron chi connectivity index (χ4n) is 3.32. The lowest BCUT2D eigenvalue weighted by molar-refractivity contribution is 0.0148. The molecule has 0 aromatic carbocycles. The van der Waals surface area contributed by atoms with Crippen molar-refractivity contribution in [2.75, 3.05) is 13.1 Å². The van der Waals surface area contributed by atoms with Gasteiger partial charge in [-0.05, 0) is 64.5 Å². The fourth-order valence-corrected chi connectivity index (χ4v) is 3.32. The number of rotatable bonds is 3. The first-order valence-corrected chi connectivity index (χ1v) is 9.14. The van der Waals surface area contributed by atoms with Crippen LogP contribution in [0.25, 0.3) is 0 Å². The maximum atomic E-state index is 12.2. The number of carbonyl (C=O) groups excluding carboxylic acids is 1. The molecular formula is C20H27N3O2. The predicted molar refractivity (Wildman–Crippen MR) is 95.0 cm³/mol. The van der Waals surface area contributed by atoms with E-state index in [-0.39, 0.29) is 6.09 Å². The normalized spacial score (nSPS) is 20.0. The van der Waals surface area contributed by atoms with E-state index in [2.05, 4.69) is 23.2 Å². The molecule has 2 heterocycles. The van der Waals surface area contributed by atoms with E-state index in [0.717, 1.165) is 5.56 Å². The summed E-state index contributed by atoms with van der Waals surface area (Å²) in [7, 11) is 0. The van der Waals surface area contributed by atoms with E-state index in [4.69, 9.17) is 4.74 Å². The number of pyridine rings is 1. The van der Waals surface area contributed by atoms with Gasteiger partial charge < -0.3 is 9.64 Å². The summed E-state index contributed by atoms with van der Waals surface area (Å²) in [5, 5.41) is 9.76. The van der Waals surface area contributed by atoms with E-state index in [1.54, 1.807) is 4.90 Å². The lowest BCUT2D eigenvalue weighted by Gasteiger charge is -2.37. The molecule has 5 nitrogen and oxygen atoms in total. The molecule has 1 aromatic heterocycles. The Labute approximate surface area is 150 Å². The van der Waals surface area contributed by atoms with Crippen molar-refractivity contribution in [3.05, 3.63) is 29.6 Å². The zero-order valence-electron chi connectivity index (χ0n) is 15.4. The lowest BCUT2D eigenvalue weighted by atomic mass is 9.75. The number of nitrogens with zero attached hydrogens (tertiary/aromatic N) is 3. The van der Waals surface area contributed by atoms with Gasteiger partial charge in [0.15, 0.2) is 0 Å². The van der Waals surface area contributed by atoms with Crippen LogP contribution in [0.3, 0.4) is 0 Å². The third kappa shape index (κ3) is 4.50. The number of nitriles is 1.